The summed E-state index contributed by atoms with van der Waals surface area (Å²) in [5.41, 5.74) is 1.79. The van der Waals surface area contributed by atoms with Crippen molar-refractivity contribution < 1.29 is 0 Å². The van der Waals surface area contributed by atoms with Crippen LogP contribution in [0.2, 0.25) is 0 Å². The van der Waals surface area contributed by atoms with Crippen LogP contribution in [-0.4, -0.2) is 0 Å². The number of rotatable bonds is 1. The van der Waals surface area contributed by atoms with Crippen molar-refractivity contribution in [1.29, 1.82) is 0 Å². The summed E-state index contributed by atoms with van der Waals surface area (Å²) in [5, 5.41) is 0. The summed E-state index contributed by atoms with van der Waals surface area (Å²) in [6, 6.07) is 0. The van der Waals surface area contributed by atoms with Gasteiger partial charge in [0.2, 0.25) is 0 Å². The molecule has 3 unspecified atom stereocenters. The van der Waals surface area contributed by atoms with Crippen LogP contribution in [0.25, 0.3) is 0 Å². The van der Waals surface area contributed by atoms with Crippen molar-refractivity contribution in [3.63, 3.8) is 0 Å². The highest BCUT2D eigenvalue weighted by Gasteiger charge is 2.63. The highest BCUT2D eigenvalue weighted by atomic mass is 14.7. The van der Waals surface area contributed by atoms with Gasteiger partial charge < -0.3 is 0 Å². The lowest BCUT2D eigenvalue weighted by Gasteiger charge is -2.14. The van der Waals surface area contributed by atoms with E-state index in [0.29, 0.717) is 0 Å². The molecule has 0 aliphatic heterocycles. The first-order chi connectivity index (χ1) is 7.24. The minimum atomic E-state index is 0.882. The van der Waals surface area contributed by atoms with E-state index in [2.05, 4.69) is 6.92 Å². The molecule has 0 amide bonds. The molecule has 0 aromatic heterocycles. The maximum atomic E-state index is 2.49. The van der Waals surface area contributed by atoms with E-state index in [1.807, 2.05) is 0 Å². The summed E-state index contributed by atoms with van der Waals surface area (Å²) in [6.07, 6.45) is 14.3. The van der Waals surface area contributed by atoms with Gasteiger partial charge in [0, 0.05) is 0 Å². The van der Waals surface area contributed by atoms with E-state index < -0.39 is 0 Å². The molecule has 0 radical (unpaired) electrons. The molecule has 15 heavy (non-hydrogen) atoms. The standard InChI is InChI=1S/C15H24/c1-11-8-15(11)7-4-12(9-15)13-10-14(13)5-2-3-6-14/h11-13H,2-10H2,1H3/t11?,12?,13?,15-/m0/s1. The van der Waals surface area contributed by atoms with Gasteiger partial charge in [-0.3, -0.25) is 0 Å². The van der Waals surface area contributed by atoms with E-state index in [1.54, 1.807) is 57.8 Å². The zero-order valence-electron chi connectivity index (χ0n) is 10.1. The van der Waals surface area contributed by atoms with Crippen molar-refractivity contribution in [2.75, 3.05) is 0 Å². The topological polar surface area (TPSA) is 0 Å². The number of hydrogen-bond acceptors (Lipinski definition) is 0. The van der Waals surface area contributed by atoms with E-state index in [9.17, 15) is 0 Å². The van der Waals surface area contributed by atoms with Gasteiger partial charge in [0.1, 0.15) is 0 Å². The van der Waals surface area contributed by atoms with Crippen molar-refractivity contribution in [1.82, 2.24) is 0 Å². The molecule has 0 aromatic carbocycles. The fraction of sp³-hybridized carbons (Fsp3) is 1.00. The lowest BCUT2D eigenvalue weighted by Crippen LogP contribution is -2.06. The molecule has 0 nitrogen and oxygen atoms in total. The Morgan fingerprint density at radius 1 is 0.867 bits per heavy atom. The maximum absolute atomic E-state index is 2.49. The van der Waals surface area contributed by atoms with Crippen LogP contribution in [0.3, 0.4) is 0 Å². The second kappa shape index (κ2) is 2.63. The van der Waals surface area contributed by atoms with Crippen LogP contribution in [0.1, 0.15) is 64.7 Å². The zero-order valence-corrected chi connectivity index (χ0v) is 10.1. The van der Waals surface area contributed by atoms with Crippen LogP contribution >= 0.6 is 0 Å². The summed E-state index contributed by atoms with van der Waals surface area (Å²) in [7, 11) is 0. The molecule has 0 heterocycles. The van der Waals surface area contributed by atoms with Gasteiger partial charge in [-0.1, -0.05) is 19.8 Å². The van der Waals surface area contributed by atoms with Crippen molar-refractivity contribution in [3.8, 4) is 0 Å². The predicted molar refractivity (Wildman–Crippen MR) is 62.6 cm³/mol. The van der Waals surface area contributed by atoms with E-state index >= 15 is 0 Å². The second-order valence-electron chi connectivity index (χ2n) is 7.35. The molecule has 4 fully saturated rings. The lowest BCUT2D eigenvalue weighted by atomic mass is 9.90. The molecule has 4 aliphatic carbocycles. The summed E-state index contributed by atoms with van der Waals surface area (Å²) in [6.45, 7) is 2.49. The molecule has 0 heteroatoms. The molecular formula is C15H24. The van der Waals surface area contributed by atoms with Crippen LogP contribution in [0.15, 0.2) is 0 Å². The van der Waals surface area contributed by atoms with Crippen LogP contribution in [0.4, 0.5) is 0 Å². The SMILES string of the molecule is CC1C[C@]12CCC(C1CC13CCCC3)C2. The lowest BCUT2D eigenvalue weighted by molar-refractivity contribution is 0.347. The second-order valence-corrected chi connectivity index (χ2v) is 7.35. The van der Waals surface area contributed by atoms with Gasteiger partial charge in [-0.25, -0.2) is 0 Å². The fourth-order valence-corrected chi connectivity index (χ4v) is 5.43. The molecular weight excluding hydrogens is 180 g/mol. The molecule has 4 atom stereocenters. The molecule has 4 aliphatic rings. The van der Waals surface area contributed by atoms with Crippen molar-refractivity contribution in [2.24, 2.45) is 28.6 Å². The Kier molecular flexibility index (Phi) is 1.59. The van der Waals surface area contributed by atoms with Gasteiger partial charge in [-0.05, 0) is 73.5 Å². The Morgan fingerprint density at radius 3 is 2.20 bits per heavy atom. The van der Waals surface area contributed by atoms with Crippen molar-refractivity contribution in [2.45, 2.75) is 64.7 Å². The molecule has 0 aromatic rings. The van der Waals surface area contributed by atoms with Crippen LogP contribution in [0.5, 0.6) is 0 Å². The Hall–Kier alpha value is 0. The first-order valence-electron chi connectivity index (χ1n) is 7.24. The monoisotopic (exact) mass is 204 g/mol. The third-order valence-corrected chi connectivity index (χ3v) is 6.70. The fourth-order valence-electron chi connectivity index (χ4n) is 5.43. The number of hydrogen-bond donors (Lipinski definition) is 0. The molecule has 0 N–H and O–H groups in total. The third-order valence-electron chi connectivity index (χ3n) is 6.70. The molecule has 0 saturated heterocycles. The average Bonchev–Trinajstić information content (AvgIpc) is 2.87. The average molecular weight is 204 g/mol. The summed E-state index contributed by atoms with van der Waals surface area (Å²) in [5.74, 6) is 3.43. The van der Waals surface area contributed by atoms with Gasteiger partial charge in [0.15, 0.2) is 0 Å². The van der Waals surface area contributed by atoms with E-state index in [0.717, 1.165) is 22.7 Å². The quantitative estimate of drug-likeness (QED) is 0.594. The van der Waals surface area contributed by atoms with Crippen LogP contribution in [0, 0.1) is 28.6 Å². The van der Waals surface area contributed by atoms with E-state index in [4.69, 9.17) is 0 Å². The summed E-state index contributed by atoms with van der Waals surface area (Å²) in [4.78, 5) is 0. The van der Waals surface area contributed by atoms with Crippen molar-refractivity contribution >= 4 is 0 Å². The molecule has 84 valence electrons. The normalized spacial score (nSPS) is 55.4. The van der Waals surface area contributed by atoms with Crippen LogP contribution < -0.4 is 0 Å². The summed E-state index contributed by atoms with van der Waals surface area (Å²) < 4.78 is 0. The van der Waals surface area contributed by atoms with E-state index in [-0.39, 0.29) is 0 Å². The van der Waals surface area contributed by atoms with E-state index in [1.165, 1.54) is 5.92 Å². The van der Waals surface area contributed by atoms with Gasteiger partial charge >= 0.3 is 0 Å². The summed E-state index contributed by atoms with van der Waals surface area (Å²) >= 11 is 0. The third kappa shape index (κ3) is 1.14. The van der Waals surface area contributed by atoms with Gasteiger partial charge in [-0.15, -0.1) is 0 Å². The Labute approximate surface area is 93.8 Å². The highest BCUT2D eigenvalue weighted by Crippen LogP contribution is 2.72. The minimum Gasteiger partial charge on any atom is -0.0620 e. The smallest absolute Gasteiger partial charge is 0.0263 e. The van der Waals surface area contributed by atoms with Crippen LogP contribution in [-0.2, 0) is 0 Å². The minimum absolute atomic E-state index is 0.882. The highest BCUT2D eigenvalue weighted by molar-refractivity contribution is 5.13. The molecule has 2 spiro atoms. The first-order valence-corrected chi connectivity index (χ1v) is 7.24. The first kappa shape index (κ1) is 9.07. The Balaban J connectivity index is 1.45. The molecule has 4 saturated carbocycles. The van der Waals surface area contributed by atoms with Gasteiger partial charge in [-0.2, -0.15) is 0 Å². The Bertz CT molecular complexity index is 286. The van der Waals surface area contributed by atoms with Gasteiger partial charge in [0.05, 0.1) is 0 Å². The van der Waals surface area contributed by atoms with Gasteiger partial charge in [0.25, 0.3) is 0 Å². The largest absolute Gasteiger partial charge is 0.0620 e. The van der Waals surface area contributed by atoms with Crippen molar-refractivity contribution in [3.05, 3.63) is 0 Å². The Morgan fingerprint density at radius 2 is 1.60 bits per heavy atom. The molecule has 0 bridgehead atoms. The predicted octanol–water partition coefficient (Wildman–Crippen LogP) is 4.39. The molecule has 4 rings (SSSR count). The zero-order chi connectivity index (χ0) is 10.1. The maximum Gasteiger partial charge on any atom is -0.0263 e.